The number of halogens is 1. The van der Waals surface area contributed by atoms with Crippen molar-refractivity contribution in [2.45, 2.75) is 6.92 Å². The summed E-state index contributed by atoms with van der Waals surface area (Å²) in [6, 6.07) is 7.17. The van der Waals surface area contributed by atoms with E-state index >= 15 is 0 Å². The number of nitrogens with zero attached hydrogens (tertiary/aromatic N) is 1. The van der Waals surface area contributed by atoms with Crippen LogP contribution >= 0.6 is 11.6 Å². The number of aromatic amines is 1. The molecule has 0 amide bonds. The molecule has 0 radical (unpaired) electrons. The van der Waals surface area contributed by atoms with Gasteiger partial charge >= 0.3 is 0 Å². The summed E-state index contributed by atoms with van der Waals surface area (Å²) >= 11 is 5.99. The fourth-order valence-corrected chi connectivity index (χ4v) is 1.70. The second-order valence-electron chi connectivity index (χ2n) is 3.22. The molecular formula is C11H9ClN2O. The fourth-order valence-electron chi connectivity index (χ4n) is 1.38. The Bertz CT molecular complexity index is 491. The van der Waals surface area contributed by atoms with E-state index < -0.39 is 0 Å². The largest absolute Gasteiger partial charge is 0.294 e. The quantitative estimate of drug-likeness (QED) is 0.791. The highest BCUT2D eigenvalue weighted by Gasteiger charge is 2.07. The van der Waals surface area contributed by atoms with Crippen molar-refractivity contribution in [2.75, 3.05) is 0 Å². The highest BCUT2D eigenvalue weighted by molar-refractivity contribution is 6.34. The Kier molecular flexibility index (Phi) is 2.56. The summed E-state index contributed by atoms with van der Waals surface area (Å²) in [5.74, 6) is -0.0313. The monoisotopic (exact) mass is 220 g/mol. The summed E-state index contributed by atoms with van der Waals surface area (Å²) in [4.78, 5) is 11.2. The average molecular weight is 221 g/mol. The number of hydrogen-bond acceptors (Lipinski definition) is 2. The van der Waals surface area contributed by atoms with Crippen molar-refractivity contribution in [3.63, 3.8) is 0 Å². The molecule has 0 spiro atoms. The van der Waals surface area contributed by atoms with E-state index in [2.05, 4.69) is 10.2 Å². The molecule has 4 heteroatoms. The van der Waals surface area contributed by atoms with Crippen LogP contribution in [0.1, 0.15) is 17.3 Å². The van der Waals surface area contributed by atoms with Crippen LogP contribution in [0.3, 0.4) is 0 Å². The topological polar surface area (TPSA) is 45.8 Å². The molecule has 0 aliphatic carbocycles. The van der Waals surface area contributed by atoms with E-state index in [4.69, 9.17) is 11.6 Å². The average Bonchev–Trinajstić information content (AvgIpc) is 2.69. The fraction of sp³-hybridized carbons (Fsp3) is 0.0909. The molecule has 1 N–H and O–H groups in total. The van der Waals surface area contributed by atoms with Gasteiger partial charge in [-0.15, -0.1) is 0 Å². The maximum absolute atomic E-state index is 11.2. The first kappa shape index (κ1) is 9.93. The lowest BCUT2D eigenvalue weighted by atomic mass is 10.1. The second kappa shape index (κ2) is 3.87. The first-order chi connectivity index (χ1) is 7.18. The molecular weight excluding hydrogens is 212 g/mol. The highest BCUT2D eigenvalue weighted by Crippen LogP contribution is 2.24. The van der Waals surface area contributed by atoms with Crippen LogP contribution in [0.25, 0.3) is 11.3 Å². The normalized spacial score (nSPS) is 10.3. The molecule has 3 nitrogen and oxygen atoms in total. The van der Waals surface area contributed by atoms with E-state index in [1.807, 2.05) is 12.1 Å². The lowest BCUT2D eigenvalue weighted by molar-refractivity contribution is 0.101. The summed E-state index contributed by atoms with van der Waals surface area (Å²) in [7, 11) is 0. The molecule has 76 valence electrons. The van der Waals surface area contributed by atoms with E-state index in [1.165, 1.54) is 6.92 Å². The smallest absolute Gasteiger partial charge is 0.161 e. The Morgan fingerprint density at radius 3 is 2.73 bits per heavy atom. The first-order valence-electron chi connectivity index (χ1n) is 4.48. The van der Waals surface area contributed by atoms with Crippen molar-refractivity contribution in [3.05, 3.63) is 41.0 Å². The van der Waals surface area contributed by atoms with Gasteiger partial charge in [-0.3, -0.25) is 9.89 Å². The minimum absolute atomic E-state index is 0.0313. The molecule has 0 aliphatic heterocycles. The van der Waals surface area contributed by atoms with Crippen LogP contribution in [0.5, 0.6) is 0 Å². The summed E-state index contributed by atoms with van der Waals surface area (Å²) in [5.41, 5.74) is 2.34. The van der Waals surface area contributed by atoms with Crippen LogP contribution in [0.15, 0.2) is 30.5 Å². The maximum atomic E-state index is 11.2. The Labute approximate surface area is 92.1 Å². The van der Waals surface area contributed by atoms with Crippen LogP contribution in [0, 0.1) is 0 Å². The number of ketones is 1. The molecule has 0 saturated carbocycles. The summed E-state index contributed by atoms with van der Waals surface area (Å²) < 4.78 is 0. The Morgan fingerprint density at radius 1 is 1.40 bits per heavy atom. The Hall–Kier alpha value is -1.61. The van der Waals surface area contributed by atoms with E-state index in [0.29, 0.717) is 10.6 Å². The summed E-state index contributed by atoms with van der Waals surface area (Å²) in [6.45, 7) is 1.50. The molecule has 0 fully saturated rings. The number of nitrogens with one attached hydrogen (secondary N) is 1. The van der Waals surface area contributed by atoms with Crippen LogP contribution < -0.4 is 0 Å². The molecule has 0 saturated heterocycles. The Balaban J connectivity index is 2.47. The number of benzene rings is 1. The van der Waals surface area contributed by atoms with Gasteiger partial charge in [0.2, 0.25) is 0 Å². The number of H-pyrrole nitrogens is 1. The minimum atomic E-state index is -0.0313. The number of Topliss-reactive ketones (excluding diaryl/α,β-unsaturated/α-hetero) is 1. The van der Waals surface area contributed by atoms with Crippen LogP contribution in [0.2, 0.25) is 5.02 Å². The van der Waals surface area contributed by atoms with Gasteiger partial charge in [-0.2, -0.15) is 5.10 Å². The molecule has 15 heavy (non-hydrogen) atoms. The third-order valence-corrected chi connectivity index (χ3v) is 2.47. The van der Waals surface area contributed by atoms with Crippen molar-refractivity contribution in [1.29, 1.82) is 0 Å². The number of carbonyl (C=O) groups excluding carboxylic acids is 1. The molecule has 0 bridgehead atoms. The van der Waals surface area contributed by atoms with Crippen molar-refractivity contribution in [1.82, 2.24) is 10.2 Å². The molecule has 1 heterocycles. The van der Waals surface area contributed by atoms with Gasteiger partial charge < -0.3 is 0 Å². The number of hydrogen-bond donors (Lipinski definition) is 1. The standard InChI is InChI=1S/C11H9ClN2O/c1-7(15)9-3-2-8(6-10(9)12)11-4-5-13-14-11/h2-6H,1H3,(H,13,14). The van der Waals surface area contributed by atoms with Crippen LogP contribution in [-0.4, -0.2) is 16.0 Å². The molecule has 0 aliphatic rings. The lowest BCUT2D eigenvalue weighted by Gasteiger charge is -2.02. The Morgan fingerprint density at radius 2 is 2.20 bits per heavy atom. The van der Waals surface area contributed by atoms with Gasteiger partial charge in [0.15, 0.2) is 5.78 Å². The number of aromatic nitrogens is 2. The van der Waals surface area contributed by atoms with Gasteiger partial charge in [-0.25, -0.2) is 0 Å². The van der Waals surface area contributed by atoms with Gasteiger partial charge in [0.25, 0.3) is 0 Å². The van der Waals surface area contributed by atoms with Crippen molar-refractivity contribution >= 4 is 17.4 Å². The van der Waals surface area contributed by atoms with Crippen LogP contribution in [-0.2, 0) is 0 Å². The van der Waals surface area contributed by atoms with E-state index in [0.717, 1.165) is 11.3 Å². The van der Waals surface area contributed by atoms with Gasteiger partial charge in [0.05, 0.1) is 10.7 Å². The zero-order valence-electron chi connectivity index (χ0n) is 8.12. The van der Waals surface area contributed by atoms with E-state index in [-0.39, 0.29) is 5.78 Å². The predicted octanol–water partition coefficient (Wildman–Crippen LogP) is 2.93. The summed E-state index contributed by atoms with van der Waals surface area (Å²) in [6.07, 6.45) is 1.67. The van der Waals surface area contributed by atoms with Gasteiger partial charge in [0, 0.05) is 17.3 Å². The third-order valence-electron chi connectivity index (χ3n) is 2.16. The number of carbonyl (C=O) groups is 1. The second-order valence-corrected chi connectivity index (χ2v) is 3.63. The zero-order chi connectivity index (χ0) is 10.8. The molecule has 1 aromatic carbocycles. The van der Waals surface area contributed by atoms with Crippen molar-refractivity contribution in [2.24, 2.45) is 0 Å². The maximum Gasteiger partial charge on any atom is 0.161 e. The third kappa shape index (κ3) is 1.92. The summed E-state index contributed by atoms with van der Waals surface area (Å²) in [5, 5.41) is 7.15. The van der Waals surface area contributed by atoms with Gasteiger partial charge in [-0.05, 0) is 25.1 Å². The molecule has 0 atom stereocenters. The van der Waals surface area contributed by atoms with E-state index in [1.54, 1.807) is 18.3 Å². The number of rotatable bonds is 2. The van der Waals surface area contributed by atoms with Gasteiger partial charge in [-0.1, -0.05) is 17.7 Å². The highest BCUT2D eigenvalue weighted by atomic mass is 35.5. The van der Waals surface area contributed by atoms with Crippen LogP contribution in [0.4, 0.5) is 0 Å². The zero-order valence-corrected chi connectivity index (χ0v) is 8.88. The lowest BCUT2D eigenvalue weighted by Crippen LogP contribution is -1.93. The minimum Gasteiger partial charge on any atom is -0.294 e. The molecule has 1 aromatic heterocycles. The first-order valence-corrected chi connectivity index (χ1v) is 4.86. The van der Waals surface area contributed by atoms with E-state index in [9.17, 15) is 4.79 Å². The molecule has 2 rings (SSSR count). The SMILES string of the molecule is CC(=O)c1ccc(-c2ccn[nH]2)cc1Cl. The predicted molar refractivity (Wildman–Crippen MR) is 59.0 cm³/mol. The molecule has 2 aromatic rings. The molecule has 0 unspecified atom stereocenters. The van der Waals surface area contributed by atoms with Crippen molar-refractivity contribution in [3.8, 4) is 11.3 Å². The van der Waals surface area contributed by atoms with Crippen molar-refractivity contribution < 1.29 is 4.79 Å². The van der Waals surface area contributed by atoms with Gasteiger partial charge in [0.1, 0.15) is 0 Å².